The predicted octanol–water partition coefficient (Wildman–Crippen LogP) is 8.73. The molecule has 0 saturated heterocycles. The van der Waals surface area contributed by atoms with Gasteiger partial charge in [-0.05, 0) is 35.4 Å². The molecular weight excluding hydrogens is 459 g/mol. The summed E-state index contributed by atoms with van der Waals surface area (Å²) in [7, 11) is 0. The molecule has 0 aliphatic rings. The molecule has 0 bridgehead atoms. The largest absolute Gasteiger partial charge is 0.417 e. The van der Waals surface area contributed by atoms with Crippen LogP contribution in [0.25, 0.3) is 22.3 Å². The summed E-state index contributed by atoms with van der Waals surface area (Å²) in [6, 6.07) is 8.29. The molecular formula is C21H10ClF9. The van der Waals surface area contributed by atoms with Crippen molar-refractivity contribution in [3.8, 4) is 22.3 Å². The fraction of sp³-hybridized carbons (Fsp3) is 0.143. The number of hydrogen-bond donors (Lipinski definition) is 0. The molecule has 0 heterocycles. The molecule has 164 valence electrons. The van der Waals surface area contributed by atoms with Crippen LogP contribution in [0.15, 0.2) is 60.7 Å². The van der Waals surface area contributed by atoms with Crippen molar-refractivity contribution in [3.05, 3.63) is 82.4 Å². The van der Waals surface area contributed by atoms with E-state index in [0.29, 0.717) is 24.3 Å². The van der Waals surface area contributed by atoms with Crippen LogP contribution in [0.3, 0.4) is 0 Å². The van der Waals surface area contributed by atoms with E-state index in [2.05, 4.69) is 0 Å². The minimum atomic E-state index is -5.05. The lowest BCUT2D eigenvalue weighted by Gasteiger charge is -2.20. The van der Waals surface area contributed by atoms with E-state index in [4.69, 9.17) is 11.6 Å². The highest BCUT2D eigenvalue weighted by Gasteiger charge is 2.38. The summed E-state index contributed by atoms with van der Waals surface area (Å²) in [5.74, 6) is 0. The summed E-state index contributed by atoms with van der Waals surface area (Å²) in [6.07, 6.45) is -14.9. The zero-order valence-corrected chi connectivity index (χ0v) is 15.8. The van der Waals surface area contributed by atoms with E-state index in [9.17, 15) is 39.5 Å². The van der Waals surface area contributed by atoms with Crippen molar-refractivity contribution in [2.75, 3.05) is 0 Å². The summed E-state index contributed by atoms with van der Waals surface area (Å²) < 4.78 is 121. The third-order valence-corrected chi connectivity index (χ3v) is 4.85. The molecule has 3 aromatic rings. The highest BCUT2D eigenvalue weighted by atomic mass is 35.5. The van der Waals surface area contributed by atoms with Gasteiger partial charge in [-0.3, -0.25) is 0 Å². The smallest absolute Gasteiger partial charge is 0.166 e. The van der Waals surface area contributed by atoms with Gasteiger partial charge in [-0.1, -0.05) is 48.0 Å². The molecule has 3 rings (SSSR count). The van der Waals surface area contributed by atoms with Gasteiger partial charge in [0.15, 0.2) is 0 Å². The maximum atomic E-state index is 13.5. The first-order valence-electron chi connectivity index (χ1n) is 8.45. The third kappa shape index (κ3) is 4.66. The molecule has 0 radical (unpaired) electrons. The van der Waals surface area contributed by atoms with Crippen LogP contribution in [0.2, 0.25) is 5.02 Å². The molecule has 3 aromatic carbocycles. The van der Waals surface area contributed by atoms with E-state index < -0.39 is 62.5 Å². The van der Waals surface area contributed by atoms with Crippen molar-refractivity contribution in [1.82, 2.24) is 0 Å². The predicted molar refractivity (Wildman–Crippen MR) is 97.3 cm³/mol. The molecule has 0 aliphatic carbocycles. The molecule has 0 aromatic heterocycles. The quantitative estimate of drug-likeness (QED) is 0.330. The van der Waals surface area contributed by atoms with Crippen molar-refractivity contribution < 1.29 is 39.5 Å². The topological polar surface area (TPSA) is 0 Å². The molecule has 10 heteroatoms. The molecule has 0 amide bonds. The molecule has 0 fully saturated rings. The Morgan fingerprint density at radius 3 is 1.16 bits per heavy atom. The second-order valence-corrected chi connectivity index (χ2v) is 6.85. The van der Waals surface area contributed by atoms with E-state index in [-0.39, 0.29) is 0 Å². The maximum absolute atomic E-state index is 13.5. The first-order valence-corrected chi connectivity index (χ1v) is 8.83. The Hall–Kier alpha value is -2.68. The fourth-order valence-electron chi connectivity index (χ4n) is 3.11. The Balaban J connectivity index is 2.42. The zero-order chi connectivity index (χ0) is 23.2. The highest BCUT2D eigenvalue weighted by Crippen LogP contribution is 2.47. The molecule has 0 unspecified atom stereocenters. The third-order valence-electron chi connectivity index (χ3n) is 4.45. The van der Waals surface area contributed by atoms with Crippen LogP contribution < -0.4 is 0 Å². The SMILES string of the molecule is FC(F)(F)c1cc(-c2ccccc2C(F)(F)F)c(Cl)c(-c2ccccc2C(F)(F)F)c1. The van der Waals surface area contributed by atoms with Gasteiger partial charge < -0.3 is 0 Å². The number of halogens is 10. The maximum Gasteiger partial charge on any atom is 0.417 e. The number of rotatable bonds is 2. The van der Waals surface area contributed by atoms with Crippen LogP contribution in [-0.2, 0) is 18.5 Å². The molecule has 0 N–H and O–H groups in total. The summed E-state index contributed by atoms with van der Waals surface area (Å²) in [5.41, 5.74) is -6.71. The molecule has 0 spiro atoms. The monoisotopic (exact) mass is 468 g/mol. The first kappa shape index (κ1) is 23.0. The van der Waals surface area contributed by atoms with Gasteiger partial charge in [0.2, 0.25) is 0 Å². The molecule has 0 aliphatic heterocycles. The highest BCUT2D eigenvalue weighted by molar-refractivity contribution is 6.36. The van der Waals surface area contributed by atoms with Crippen molar-refractivity contribution in [2.24, 2.45) is 0 Å². The lowest BCUT2D eigenvalue weighted by atomic mass is 9.91. The first-order chi connectivity index (χ1) is 14.2. The Morgan fingerprint density at radius 1 is 0.484 bits per heavy atom. The Bertz CT molecular complexity index is 1030. The summed E-state index contributed by atoms with van der Waals surface area (Å²) in [4.78, 5) is 0. The van der Waals surface area contributed by atoms with Crippen LogP contribution in [0, 0.1) is 0 Å². The van der Waals surface area contributed by atoms with Crippen molar-refractivity contribution in [2.45, 2.75) is 18.5 Å². The van der Waals surface area contributed by atoms with Gasteiger partial charge in [0.05, 0.1) is 21.7 Å². The van der Waals surface area contributed by atoms with E-state index in [1.807, 2.05) is 0 Å². The Kier molecular flexibility index (Phi) is 5.77. The van der Waals surface area contributed by atoms with Crippen LogP contribution in [0.1, 0.15) is 16.7 Å². The average molecular weight is 469 g/mol. The van der Waals surface area contributed by atoms with Crippen LogP contribution >= 0.6 is 11.6 Å². The van der Waals surface area contributed by atoms with Gasteiger partial charge in [0.25, 0.3) is 0 Å². The van der Waals surface area contributed by atoms with Crippen molar-refractivity contribution in [1.29, 1.82) is 0 Å². The standard InChI is InChI=1S/C21H10ClF9/c22-18-14(12-5-1-3-7-16(12)20(26,27)28)9-11(19(23,24)25)10-15(18)13-6-2-4-8-17(13)21(29,30)31/h1-10H. The molecule has 0 saturated carbocycles. The summed E-state index contributed by atoms with van der Waals surface area (Å²) in [6.45, 7) is 0. The van der Waals surface area contributed by atoms with Crippen LogP contribution in [0.4, 0.5) is 39.5 Å². The summed E-state index contributed by atoms with van der Waals surface area (Å²) in [5, 5.41) is -0.665. The Morgan fingerprint density at radius 2 is 0.839 bits per heavy atom. The fourth-order valence-corrected chi connectivity index (χ4v) is 3.42. The molecule has 0 atom stereocenters. The van der Waals surface area contributed by atoms with Gasteiger partial charge in [0, 0.05) is 11.1 Å². The minimum absolute atomic E-state index is 0.395. The molecule has 0 nitrogen and oxygen atoms in total. The normalized spacial score (nSPS) is 12.8. The lowest BCUT2D eigenvalue weighted by Crippen LogP contribution is -2.10. The van der Waals surface area contributed by atoms with Gasteiger partial charge in [0.1, 0.15) is 0 Å². The van der Waals surface area contributed by atoms with Gasteiger partial charge in [-0.25, -0.2) is 0 Å². The second-order valence-electron chi connectivity index (χ2n) is 6.47. The summed E-state index contributed by atoms with van der Waals surface area (Å²) >= 11 is 6.14. The Labute approximate surface area is 174 Å². The lowest BCUT2D eigenvalue weighted by molar-refractivity contribution is -0.137. The van der Waals surface area contributed by atoms with Gasteiger partial charge in [-0.15, -0.1) is 0 Å². The number of hydrogen-bond acceptors (Lipinski definition) is 0. The minimum Gasteiger partial charge on any atom is -0.166 e. The van der Waals surface area contributed by atoms with Crippen LogP contribution in [-0.4, -0.2) is 0 Å². The average Bonchev–Trinajstić information content (AvgIpc) is 2.66. The van der Waals surface area contributed by atoms with Gasteiger partial charge in [-0.2, -0.15) is 39.5 Å². The van der Waals surface area contributed by atoms with Crippen molar-refractivity contribution in [3.63, 3.8) is 0 Å². The van der Waals surface area contributed by atoms with E-state index in [0.717, 1.165) is 36.4 Å². The van der Waals surface area contributed by atoms with Crippen LogP contribution in [0.5, 0.6) is 0 Å². The number of benzene rings is 3. The second kappa shape index (κ2) is 7.78. The van der Waals surface area contributed by atoms with E-state index >= 15 is 0 Å². The van der Waals surface area contributed by atoms with E-state index in [1.165, 1.54) is 0 Å². The van der Waals surface area contributed by atoms with E-state index in [1.54, 1.807) is 0 Å². The zero-order valence-electron chi connectivity index (χ0n) is 15.1. The van der Waals surface area contributed by atoms with Gasteiger partial charge >= 0.3 is 18.5 Å². The number of alkyl halides is 9. The van der Waals surface area contributed by atoms with Crippen molar-refractivity contribution >= 4 is 11.6 Å². The molecule has 31 heavy (non-hydrogen) atoms.